The number of aromatic amines is 1. The van der Waals surface area contributed by atoms with E-state index in [9.17, 15) is 4.79 Å². The fourth-order valence-corrected chi connectivity index (χ4v) is 1.99. The summed E-state index contributed by atoms with van der Waals surface area (Å²) in [7, 11) is 1.64. The van der Waals surface area contributed by atoms with Gasteiger partial charge in [-0.15, -0.1) is 5.10 Å². The van der Waals surface area contributed by atoms with Crippen molar-refractivity contribution >= 4 is 11.0 Å². The fraction of sp³-hybridized carbons (Fsp3) is 0.154. The van der Waals surface area contributed by atoms with Crippen LogP contribution in [0.3, 0.4) is 0 Å². The Balaban J connectivity index is 1.96. The van der Waals surface area contributed by atoms with Crippen LogP contribution in [0, 0.1) is 0 Å². The van der Waals surface area contributed by atoms with E-state index >= 15 is 0 Å². The van der Waals surface area contributed by atoms with Gasteiger partial charge < -0.3 is 9.30 Å². The van der Waals surface area contributed by atoms with Crippen LogP contribution in [0.2, 0.25) is 0 Å². The van der Waals surface area contributed by atoms with E-state index in [0.29, 0.717) is 17.6 Å². The Kier molecular flexibility index (Phi) is 2.75. The second kappa shape index (κ2) is 4.56. The Morgan fingerprint density at radius 3 is 2.79 bits per heavy atom. The summed E-state index contributed by atoms with van der Waals surface area (Å²) in [6.07, 6.45) is 1.83. The predicted octanol–water partition coefficient (Wildman–Crippen LogP) is 1.18. The first-order valence-electron chi connectivity index (χ1n) is 5.81. The Morgan fingerprint density at radius 1 is 1.26 bits per heavy atom. The molecule has 6 heteroatoms. The molecule has 0 saturated carbocycles. The molecule has 0 bridgehead atoms. The van der Waals surface area contributed by atoms with Crippen molar-refractivity contribution in [1.82, 2.24) is 20.0 Å². The van der Waals surface area contributed by atoms with Gasteiger partial charge in [-0.05, 0) is 23.8 Å². The van der Waals surface area contributed by atoms with E-state index in [0.717, 1.165) is 11.3 Å². The van der Waals surface area contributed by atoms with E-state index in [1.807, 2.05) is 35.0 Å². The summed E-state index contributed by atoms with van der Waals surface area (Å²) in [6.45, 7) is 0.631. The Bertz CT molecular complexity index is 758. The van der Waals surface area contributed by atoms with Crippen LogP contribution < -0.4 is 10.3 Å². The summed E-state index contributed by atoms with van der Waals surface area (Å²) in [5.41, 5.74) is 1.46. The summed E-state index contributed by atoms with van der Waals surface area (Å²) >= 11 is 0. The first-order chi connectivity index (χ1) is 9.28. The van der Waals surface area contributed by atoms with E-state index in [4.69, 9.17) is 4.74 Å². The molecule has 2 heterocycles. The first kappa shape index (κ1) is 11.5. The van der Waals surface area contributed by atoms with Crippen molar-refractivity contribution in [3.8, 4) is 5.75 Å². The number of rotatable bonds is 3. The number of nitrogens with zero attached hydrogens (tertiary/aromatic N) is 3. The minimum Gasteiger partial charge on any atom is -0.497 e. The second-order valence-electron chi connectivity index (χ2n) is 4.17. The monoisotopic (exact) mass is 256 g/mol. The van der Waals surface area contributed by atoms with Gasteiger partial charge in [0.05, 0.1) is 12.5 Å². The molecule has 0 atom stereocenters. The van der Waals surface area contributed by atoms with Gasteiger partial charge in [-0.1, -0.05) is 17.3 Å². The van der Waals surface area contributed by atoms with Crippen molar-refractivity contribution in [3.63, 3.8) is 0 Å². The highest BCUT2D eigenvalue weighted by Crippen LogP contribution is 2.14. The van der Waals surface area contributed by atoms with Crippen molar-refractivity contribution in [2.24, 2.45) is 0 Å². The largest absolute Gasteiger partial charge is 0.497 e. The number of nitrogens with one attached hydrogen (secondary N) is 1. The van der Waals surface area contributed by atoms with E-state index in [2.05, 4.69) is 15.4 Å². The van der Waals surface area contributed by atoms with E-state index in [1.54, 1.807) is 13.2 Å². The zero-order valence-corrected chi connectivity index (χ0v) is 10.3. The highest BCUT2D eigenvalue weighted by atomic mass is 16.5. The number of aromatic nitrogens is 4. The molecule has 0 amide bonds. The number of benzene rings is 1. The molecule has 0 aliphatic carbocycles. The van der Waals surface area contributed by atoms with E-state index in [-0.39, 0.29) is 5.56 Å². The number of hydrogen-bond acceptors (Lipinski definition) is 4. The normalized spacial score (nSPS) is 10.8. The van der Waals surface area contributed by atoms with Crippen molar-refractivity contribution in [2.45, 2.75) is 6.54 Å². The minimum absolute atomic E-state index is 0.224. The van der Waals surface area contributed by atoms with Crippen LogP contribution in [0.4, 0.5) is 0 Å². The van der Waals surface area contributed by atoms with Crippen molar-refractivity contribution in [2.75, 3.05) is 7.11 Å². The molecule has 3 rings (SSSR count). The molecule has 0 radical (unpaired) electrons. The van der Waals surface area contributed by atoms with E-state index in [1.165, 1.54) is 0 Å². The van der Waals surface area contributed by atoms with Gasteiger partial charge >= 0.3 is 0 Å². The molecular formula is C13H12N4O2. The third kappa shape index (κ3) is 2.08. The highest BCUT2D eigenvalue weighted by Gasteiger charge is 2.06. The molecule has 0 spiro atoms. The maximum Gasteiger partial charge on any atom is 0.276 e. The lowest BCUT2D eigenvalue weighted by Gasteiger charge is -2.05. The number of methoxy groups -OCH3 is 1. The first-order valence-corrected chi connectivity index (χ1v) is 5.81. The highest BCUT2D eigenvalue weighted by molar-refractivity contribution is 5.74. The zero-order valence-electron chi connectivity index (χ0n) is 10.3. The average molecular weight is 256 g/mol. The Labute approximate surface area is 108 Å². The van der Waals surface area contributed by atoms with Gasteiger partial charge in [0.1, 0.15) is 5.75 Å². The zero-order chi connectivity index (χ0) is 13.2. The van der Waals surface area contributed by atoms with Crippen LogP contribution in [0.5, 0.6) is 5.75 Å². The molecule has 0 unspecified atom stereocenters. The van der Waals surface area contributed by atoms with E-state index < -0.39 is 0 Å². The van der Waals surface area contributed by atoms with Gasteiger partial charge in [-0.3, -0.25) is 4.79 Å². The van der Waals surface area contributed by atoms with Gasteiger partial charge in [-0.2, -0.15) is 0 Å². The summed E-state index contributed by atoms with van der Waals surface area (Å²) in [5, 5.41) is 10.4. The molecule has 0 aliphatic rings. The van der Waals surface area contributed by atoms with Gasteiger partial charge in [0.25, 0.3) is 5.56 Å². The van der Waals surface area contributed by atoms with Crippen LogP contribution in [0.25, 0.3) is 11.0 Å². The molecule has 3 aromatic rings. The molecular weight excluding hydrogens is 244 g/mol. The molecule has 96 valence electrons. The van der Waals surface area contributed by atoms with Gasteiger partial charge in [0.2, 0.25) is 0 Å². The second-order valence-corrected chi connectivity index (χ2v) is 4.17. The summed E-state index contributed by atoms with van der Waals surface area (Å²) in [6, 6.07) is 9.50. The van der Waals surface area contributed by atoms with Crippen molar-refractivity contribution in [3.05, 3.63) is 52.4 Å². The Hall–Kier alpha value is -2.63. The molecule has 1 N–H and O–H groups in total. The lowest BCUT2D eigenvalue weighted by Crippen LogP contribution is -2.10. The minimum atomic E-state index is -0.224. The molecule has 6 nitrogen and oxygen atoms in total. The van der Waals surface area contributed by atoms with Crippen molar-refractivity contribution in [1.29, 1.82) is 0 Å². The van der Waals surface area contributed by atoms with Crippen LogP contribution in [0.15, 0.2) is 41.3 Å². The summed E-state index contributed by atoms with van der Waals surface area (Å²) in [5.74, 6) is 0.817. The van der Waals surface area contributed by atoms with Crippen LogP contribution >= 0.6 is 0 Å². The summed E-state index contributed by atoms with van der Waals surface area (Å²) < 4.78 is 7.00. The molecule has 19 heavy (non-hydrogen) atoms. The lowest BCUT2D eigenvalue weighted by molar-refractivity contribution is 0.414. The SMILES string of the molecule is COc1ccc(Cn2ccc3c(=O)[nH]nnc32)cc1. The fourth-order valence-electron chi connectivity index (χ4n) is 1.99. The lowest BCUT2D eigenvalue weighted by atomic mass is 10.2. The maximum atomic E-state index is 11.5. The van der Waals surface area contributed by atoms with Gasteiger partial charge in [-0.25, -0.2) is 5.10 Å². The molecule has 2 aromatic heterocycles. The van der Waals surface area contributed by atoms with Gasteiger partial charge in [0, 0.05) is 12.7 Å². The topological polar surface area (TPSA) is 72.8 Å². The maximum absolute atomic E-state index is 11.5. The smallest absolute Gasteiger partial charge is 0.276 e. The number of hydrogen-bond donors (Lipinski definition) is 1. The number of fused-ring (bicyclic) bond motifs is 1. The van der Waals surface area contributed by atoms with Crippen LogP contribution in [0.1, 0.15) is 5.56 Å². The molecule has 0 fully saturated rings. The third-order valence-electron chi connectivity index (χ3n) is 2.99. The predicted molar refractivity (Wildman–Crippen MR) is 70.2 cm³/mol. The van der Waals surface area contributed by atoms with Crippen LogP contribution in [-0.2, 0) is 6.54 Å². The summed E-state index contributed by atoms with van der Waals surface area (Å²) in [4.78, 5) is 11.5. The number of ether oxygens (including phenoxy) is 1. The standard InChI is InChI=1S/C13H12N4O2/c1-19-10-4-2-9(3-5-10)8-17-7-6-11-12(17)14-16-15-13(11)18/h2-7H,8H2,1H3,(H,14,15,18). The Morgan fingerprint density at radius 2 is 2.05 bits per heavy atom. The average Bonchev–Trinajstić information content (AvgIpc) is 2.84. The van der Waals surface area contributed by atoms with Crippen molar-refractivity contribution < 1.29 is 4.74 Å². The molecule has 0 aliphatic heterocycles. The van der Waals surface area contributed by atoms with Gasteiger partial charge in [0.15, 0.2) is 5.65 Å². The molecule has 0 saturated heterocycles. The third-order valence-corrected chi connectivity index (χ3v) is 2.99. The van der Waals surface area contributed by atoms with Crippen LogP contribution in [-0.4, -0.2) is 27.1 Å². The molecule has 1 aromatic carbocycles. The number of H-pyrrole nitrogens is 1. The quantitative estimate of drug-likeness (QED) is 0.763.